The van der Waals surface area contributed by atoms with Crippen LogP contribution >= 0.6 is 0 Å². The molecule has 0 aliphatic carbocycles. The summed E-state index contributed by atoms with van der Waals surface area (Å²) in [5, 5.41) is 23.3. The van der Waals surface area contributed by atoms with Crippen molar-refractivity contribution in [2.45, 2.75) is 334 Å². The number of hydrogen-bond acceptors (Lipinski definition) is 5. The van der Waals surface area contributed by atoms with E-state index in [1.807, 2.05) is 0 Å². The van der Waals surface area contributed by atoms with Gasteiger partial charge < -0.3 is 20.3 Å². The number of carbonyl (C=O) groups excluding carboxylic acids is 2. The Morgan fingerprint density at radius 3 is 1.11 bits per heavy atom. The summed E-state index contributed by atoms with van der Waals surface area (Å²) in [4.78, 5) is 24.5. The Kier molecular flexibility index (Phi) is 53.0. The van der Waals surface area contributed by atoms with Gasteiger partial charge in [0.1, 0.15) is 0 Å². The smallest absolute Gasteiger partial charge is 0.305 e. The normalized spacial score (nSPS) is 12.6. The molecule has 0 aromatic heterocycles. The molecule has 2 unspecified atom stereocenters. The number of carbonyl (C=O) groups is 2. The third-order valence-corrected chi connectivity index (χ3v) is 13.6. The fourth-order valence-electron chi connectivity index (χ4n) is 9.11. The van der Waals surface area contributed by atoms with Crippen LogP contribution in [0.25, 0.3) is 0 Å². The number of aliphatic hydroxyl groups is 2. The van der Waals surface area contributed by atoms with Gasteiger partial charge in [0.05, 0.1) is 25.4 Å². The first-order valence-corrected chi connectivity index (χ1v) is 28.9. The van der Waals surface area contributed by atoms with Gasteiger partial charge in [-0.3, -0.25) is 9.59 Å². The standard InChI is InChI=1S/C58H113NO5/c1-3-5-7-9-11-13-15-17-18-21-24-27-30-34-38-42-46-50-56(61)55(54-60)59-57(62)51-47-43-39-35-31-28-25-22-19-20-23-26-29-33-37-41-45-49-53-64-58(63)52-48-44-40-36-32-16-14-12-10-8-6-4-2/h22,25,55-56,60-61H,3-21,23-24,26-54H2,1-2H3,(H,59,62)/b25-22-. The molecule has 0 aromatic rings. The van der Waals surface area contributed by atoms with Crippen molar-refractivity contribution in [3.8, 4) is 0 Å². The molecule has 0 rings (SSSR count). The number of unbranched alkanes of at least 4 members (excludes halogenated alkanes) is 41. The number of rotatable bonds is 54. The van der Waals surface area contributed by atoms with Gasteiger partial charge in [0.25, 0.3) is 0 Å². The van der Waals surface area contributed by atoms with E-state index < -0.39 is 12.1 Å². The number of amides is 1. The van der Waals surface area contributed by atoms with E-state index in [1.165, 1.54) is 231 Å². The minimum Gasteiger partial charge on any atom is -0.466 e. The highest BCUT2D eigenvalue weighted by Crippen LogP contribution is 2.17. The summed E-state index contributed by atoms with van der Waals surface area (Å²) in [6.07, 6.45) is 63.4. The van der Waals surface area contributed by atoms with Crippen molar-refractivity contribution in [1.29, 1.82) is 0 Å². The maximum Gasteiger partial charge on any atom is 0.305 e. The van der Waals surface area contributed by atoms with Gasteiger partial charge in [-0.15, -0.1) is 0 Å². The van der Waals surface area contributed by atoms with Crippen molar-refractivity contribution in [2.24, 2.45) is 0 Å². The lowest BCUT2D eigenvalue weighted by atomic mass is 10.0. The molecule has 0 radical (unpaired) electrons. The second-order valence-corrected chi connectivity index (χ2v) is 20.0. The zero-order valence-corrected chi connectivity index (χ0v) is 43.3. The Balaban J connectivity index is 3.45. The van der Waals surface area contributed by atoms with Gasteiger partial charge in [-0.25, -0.2) is 0 Å². The van der Waals surface area contributed by atoms with E-state index in [0.29, 0.717) is 25.9 Å². The van der Waals surface area contributed by atoms with E-state index in [2.05, 4.69) is 31.3 Å². The van der Waals surface area contributed by atoms with E-state index in [4.69, 9.17) is 4.74 Å². The molecule has 0 saturated heterocycles. The number of allylic oxidation sites excluding steroid dienone is 2. The molecule has 0 aromatic carbocycles. The average molecular weight is 905 g/mol. The van der Waals surface area contributed by atoms with E-state index in [1.54, 1.807) is 0 Å². The fourth-order valence-corrected chi connectivity index (χ4v) is 9.11. The Morgan fingerprint density at radius 1 is 0.422 bits per heavy atom. The molecule has 0 spiro atoms. The lowest BCUT2D eigenvalue weighted by Gasteiger charge is -2.22. The van der Waals surface area contributed by atoms with Crippen LogP contribution < -0.4 is 5.32 Å². The lowest BCUT2D eigenvalue weighted by molar-refractivity contribution is -0.143. The first-order chi connectivity index (χ1) is 31.5. The molecule has 64 heavy (non-hydrogen) atoms. The quantitative estimate of drug-likeness (QED) is 0.0321. The highest BCUT2D eigenvalue weighted by Gasteiger charge is 2.20. The van der Waals surface area contributed by atoms with E-state index >= 15 is 0 Å². The molecule has 0 aliphatic rings. The third-order valence-electron chi connectivity index (χ3n) is 13.6. The fraction of sp³-hybridized carbons (Fsp3) is 0.931. The molecule has 0 fully saturated rings. The number of esters is 1. The number of aliphatic hydroxyl groups excluding tert-OH is 2. The summed E-state index contributed by atoms with van der Waals surface area (Å²) in [6.45, 7) is 4.95. The molecular formula is C58H113NO5. The van der Waals surface area contributed by atoms with Crippen LogP contribution in [0, 0.1) is 0 Å². The van der Waals surface area contributed by atoms with Gasteiger partial charge in [0.15, 0.2) is 0 Å². The topological polar surface area (TPSA) is 95.9 Å². The Labute approximate surface area is 399 Å². The second-order valence-electron chi connectivity index (χ2n) is 20.0. The van der Waals surface area contributed by atoms with Gasteiger partial charge in [-0.2, -0.15) is 0 Å². The van der Waals surface area contributed by atoms with Gasteiger partial charge in [-0.1, -0.05) is 270 Å². The summed E-state index contributed by atoms with van der Waals surface area (Å²) in [6, 6.07) is -0.551. The predicted octanol–water partition coefficient (Wildman–Crippen LogP) is 17.7. The minimum atomic E-state index is -0.672. The highest BCUT2D eigenvalue weighted by molar-refractivity contribution is 5.76. The van der Waals surface area contributed by atoms with Gasteiger partial charge >= 0.3 is 5.97 Å². The van der Waals surface area contributed by atoms with Crippen LogP contribution in [0.4, 0.5) is 0 Å². The molecule has 0 bridgehead atoms. The zero-order valence-electron chi connectivity index (χ0n) is 43.3. The van der Waals surface area contributed by atoms with Crippen molar-refractivity contribution in [1.82, 2.24) is 5.32 Å². The predicted molar refractivity (Wildman–Crippen MR) is 278 cm³/mol. The monoisotopic (exact) mass is 904 g/mol. The number of hydrogen-bond donors (Lipinski definition) is 3. The summed E-state index contributed by atoms with van der Waals surface area (Å²) >= 11 is 0. The van der Waals surface area contributed by atoms with E-state index in [9.17, 15) is 19.8 Å². The molecular weight excluding hydrogens is 791 g/mol. The molecule has 6 heteroatoms. The van der Waals surface area contributed by atoms with Crippen LogP contribution in [0.3, 0.4) is 0 Å². The zero-order chi connectivity index (χ0) is 46.5. The van der Waals surface area contributed by atoms with Gasteiger partial charge in [-0.05, 0) is 51.4 Å². The Bertz CT molecular complexity index is 955. The SMILES string of the molecule is CCCCCCCCCCCCCCCCCCCC(O)C(CO)NC(=O)CCCCCCC/C=C\CCCCCCCCCCCOC(=O)CCCCCCCCCCCCCC. The van der Waals surface area contributed by atoms with Crippen molar-refractivity contribution in [3.63, 3.8) is 0 Å². The first-order valence-electron chi connectivity index (χ1n) is 28.9. The highest BCUT2D eigenvalue weighted by atomic mass is 16.5. The average Bonchev–Trinajstić information content (AvgIpc) is 3.29. The van der Waals surface area contributed by atoms with Gasteiger partial charge in [0.2, 0.25) is 5.91 Å². The summed E-state index contributed by atoms with van der Waals surface area (Å²) in [5.41, 5.74) is 0. The summed E-state index contributed by atoms with van der Waals surface area (Å²) in [5.74, 6) is -0.0425. The molecule has 0 aliphatic heterocycles. The van der Waals surface area contributed by atoms with Crippen LogP contribution in [0.2, 0.25) is 0 Å². The molecule has 3 N–H and O–H groups in total. The molecule has 6 nitrogen and oxygen atoms in total. The van der Waals surface area contributed by atoms with Crippen LogP contribution in [0.1, 0.15) is 322 Å². The van der Waals surface area contributed by atoms with Crippen LogP contribution in [-0.4, -0.2) is 47.4 Å². The lowest BCUT2D eigenvalue weighted by Crippen LogP contribution is -2.45. The van der Waals surface area contributed by atoms with E-state index in [0.717, 1.165) is 57.8 Å². The molecule has 2 atom stereocenters. The van der Waals surface area contributed by atoms with Crippen molar-refractivity contribution in [3.05, 3.63) is 12.2 Å². The van der Waals surface area contributed by atoms with Crippen LogP contribution in [0.5, 0.6) is 0 Å². The van der Waals surface area contributed by atoms with Crippen molar-refractivity contribution in [2.75, 3.05) is 13.2 Å². The molecule has 0 heterocycles. The second kappa shape index (κ2) is 54.2. The summed E-state index contributed by atoms with van der Waals surface area (Å²) < 4.78 is 5.46. The largest absolute Gasteiger partial charge is 0.466 e. The maximum absolute atomic E-state index is 12.5. The Hall–Kier alpha value is -1.40. The minimum absolute atomic E-state index is 0.00422. The van der Waals surface area contributed by atoms with Crippen LogP contribution in [-0.2, 0) is 14.3 Å². The van der Waals surface area contributed by atoms with E-state index in [-0.39, 0.29) is 18.5 Å². The first kappa shape index (κ1) is 62.6. The molecule has 0 saturated carbocycles. The van der Waals surface area contributed by atoms with Crippen LogP contribution in [0.15, 0.2) is 12.2 Å². The number of nitrogens with one attached hydrogen (secondary N) is 1. The Morgan fingerprint density at radius 2 is 0.734 bits per heavy atom. The van der Waals surface area contributed by atoms with Gasteiger partial charge in [0, 0.05) is 12.8 Å². The maximum atomic E-state index is 12.5. The van der Waals surface area contributed by atoms with Crippen molar-refractivity contribution < 1.29 is 24.5 Å². The molecule has 1 amide bonds. The summed E-state index contributed by atoms with van der Waals surface area (Å²) in [7, 11) is 0. The number of ether oxygens (including phenoxy) is 1. The third kappa shape index (κ3) is 50.0. The molecule has 380 valence electrons. The van der Waals surface area contributed by atoms with Crippen molar-refractivity contribution >= 4 is 11.9 Å².